The van der Waals surface area contributed by atoms with Crippen LogP contribution < -0.4 is 0 Å². The number of carbonyl (C=O) groups is 2. The highest BCUT2D eigenvalue weighted by Gasteiger charge is 2.92. The van der Waals surface area contributed by atoms with Crippen molar-refractivity contribution in [1.29, 1.82) is 0 Å². The van der Waals surface area contributed by atoms with Crippen molar-refractivity contribution in [2.24, 2.45) is 47.3 Å². The van der Waals surface area contributed by atoms with E-state index in [0.29, 0.717) is 11.8 Å². The van der Waals surface area contributed by atoms with Crippen molar-refractivity contribution in [2.75, 3.05) is 28.4 Å². The van der Waals surface area contributed by atoms with E-state index in [1.54, 1.807) is 0 Å². The molecule has 0 aromatic rings. The maximum absolute atomic E-state index is 12.9. The highest BCUT2D eigenvalue weighted by Crippen LogP contribution is 2.84. The van der Waals surface area contributed by atoms with Gasteiger partial charge in [-0.25, -0.2) is 0 Å². The van der Waals surface area contributed by atoms with E-state index >= 15 is 0 Å². The average molecular weight is 308 g/mol. The molecule has 0 aliphatic heterocycles. The lowest BCUT2D eigenvalue weighted by Gasteiger charge is -2.85. The summed E-state index contributed by atoms with van der Waals surface area (Å²) in [7, 11) is 6.06. The molecule has 0 amide bonds. The number of Topliss-reactive ketones (excluding diaryl/α,β-unsaturated/α-hetero) is 2. The summed E-state index contributed by atoms with van der Waals surface area (Å²) < 4.78 is 22.5. The van der Waals surface area contributed by atoms with Crippen LogP contribution in [0.3, 0.4) is 0 Å². The van der Waals surface area contributed by atoms with Gasteiger partial charge in [0.05, 0.1) is 0 Å². The van der Waals surface area contributed by atoms with Gasteiger partial charge in [0, 0.05) is 52.1 Å². The van der Waals surface area contributed by atoms with Gasteiger partial charge in [-0.05, 0) is 23.7 Å². The molecule has 22 heavy (non-hydrogen) atoms. The molecule has 8 bridgehead atoms. The van der Waals surface area contributed by atoms with Crippen LogP contribution in [-0.4, -0.2) is 51.6 Å². The van der Waals surface area contributed by atoms with Gasteiger partial charge in [0.25, 0.3) is 0 Å². The Kier molecular flexibility index (Phi) is 2.25. The van der Waals surface area contributed by atoms with E-state index in [4.69, 9.17) is 18.9 Å². The molecule has 120 valence electrons. The van der Waals surface area contributed by atoms with Crippen molar-refractivity contribution in [2.45, 2.75) is 11.6 Å². The predicted molar refractivity (Wildman–Crippen MR) is 71.4 cm³/mol. The molecule has 0 aromatic heterocycles. The van der Waals surface area contributed by atoms with E-state index in [9.17, 15) is 9.59 Å². The molecule has 8 rings (SSSR count). The van der Waals surface area contributed by atoms with Crippen LogP contribution in [0.4, 0.5) is 0 Å². The fraction of sp³-hybridized carbons (Fsp3) is 0.875. The second-order valence-electron chi connectivity index (χ2n) is 7.29. The van der Waals surface area contributed by atoms with E-state index < -0.39 is 11.6 Å². The van der Waals surface area contributed by atoms with Gasteiger partial charge >= 0.3 is 0 Å². The number of carbonyl (C=O) groups excluding carboxylic acids is 2. The topological polar surface area (TPSA) is 71.1 Å². The van der Waals surface area contributed by atoms with Crippen molar-refractivity contribution < 1.29 is 28.5 Å². The SMILES string of the molecule is COC1(OC)C(=O)[C@H]2[C@@H]3[C@@H]4[C@@H]5C(=O)C(OC)(OC)[C@@H]([C@@H]24)[C@H]1[C@@H]53. The third-order valence-electron chi connectivity index (χ3n) is 7.59. The molecule has 8 aliphatic carbocycles. The molecule has 0 aromatic carbocycles. The van der Waals surface area contributed by atoms with Gasteiger partial charge in [-0.2, -0.15) is 0 Å². The molecule has 8 aliphatic rings. The first-order valence-electron chi connectivity index (χ1n) is 7.85. The molecular weight excluding hydrogens is 288 g/mol. The summed E-state index contributed by atoms with van der Waals surface area (Å²) in [5, 5.41) is 0. The van der Waals surface area contributed by atoms with Gasteiger partial charge in [-0.3, -0.25) is 9.59 Å². The molecule has 8 fully saturated rings. The van der Waals surface area contributed by atoms with Gasteiger partial charge in [0.2, 0.25) is 11.6 Å². The molecule has 8 atom stereocenters. The minimum absolute atomic E-state index is 0.0511. The summed E-state index contributed by atoms with van der Waals surface area (Å²) in [6.07, 6.45) is 0. The Labute approximate surface area is 128 Å². The van der Waals surface area contributed by atoms with Gasteiger partial charge in [0.15, 0.2) is 11.6 Å². The largest absolute Gasteiger partial charge is 0.347 e. The van der Waals surface area contributed by atoms with Gasteiger partial charge in [-0.15, -0.1) is 0 Å². The van der Waals surface area contributed by atoms with Crippen LogP contribution in [-0.2, 0) is 28.5 Å². The maximum Gasteiger partial charge on any atom is 0.232 e. The number of ether oxygens (including phenoxy) is 4. The number of hydrogen-bond acceptors (Lipinski definition) is 6. The Morgan fingerprint density at radius 2 is 0.955 bits per heavy atom. The number of ketones is 2. The Morgan fingerprint density at radius 1 is 0.636 bits per heavy atom. The quantitative estimate of drug-likeness (QED) is 0.686. The zero-order chi connectivity index (χ0) is 15.6. The third-order valence-corrected chi connectivity index (χ3v) is 7.59. The van der Waals surface area contributed by atoms with Crippen molar-refractivity contribution in [3.8, 4) is 0 Å². The van der Waals surface area contributed by atoms with Crippen molar-refractivity contribution in [3.05, 3.63) is 0 Å². The molecule has 0 heterocycles. The third kappa shape index (κ3) is 0.916. The summed E-state index contributed by atoms with van der Waals surface area (Å²) in [5.41, 5.74) is 0. The van der Waals surface area contributed by atoms with E-state index in [2.05, 4.69) is 0 Å². The summed E-state index contributed by atoms with van der Waals surface area (Å²) in [6.45, 7) is 0. The second kappa shape index (κ2) is 3.64. The number of methoxy groups -OCH3 is 4. The van der Waals surface area contributed by atoms with Gasteiger partial charge in [-0.1, -0.05) is 0 Å². The Bertz CT molecular complexity index is 539. The highest BCUT2D eigenvalue weighted by atomic mass is 16.7. The van der Waals surface area contributed by atoms with Crippen LogP contribution in [0.25, 0.3) is 0 Å². The van der Waals surface area contributed by atoms with E-state index in [0.717, 1.165) is 0 Å². The van der Waals surface area contributed by atoms with Crippen molar-refractivity contribution >= 4 is 11.6 Å². The molecule has 0 saturated heterocycles. The zero-order valence-electron chi connectivity index (χ0n) is 13.1. The first kappa shape index (κ1) is 13.6. The van der Waals surface area contributed by atoms with Crippen LogP contribution in [0.15, 0.2) is 0 Å². The molecule has 0 radical (unpaired) electrons. The average Bonchev–Trinajstić information content (AvgIpc) is 2.52. The highest BCUT2D eigenvalue weighted by molar-refractivity contribution is 6.00. The lowest BCUT2D eigenvalue weighted by atomic mass is 9.19. The summed E-state index contributed by atoms with van der Waals surface area (Å²) in [4.78, 5) is 25.8. The van der Waals surface area contributed by atoms with Crippen LogP contribution >= 0.6 is 0 Å². The summed E-state index contributed by atoms with van der Waals surface area (Å²) in [5.74, 6) is -1.83. The molecule has 0 spiro atoms. The number of rotatable bonds is 4. The smallest absolute Gasteiger partial charge is 0.232 e. The Hall–Kier alpha value is -0.820. The standard InChI is InChI=1S/C16H20O6/c1-19-15(20-2)11-7-5-6-8(9(5)13(15)17)12(11)16(21-3,22-4)14(18)10(6)7/h5-12H,1-4H3/t5-,6+,7-,8-,9+,10+,11-,12+/m1/s1. The van der Waals surface area contributed by atoms with Crippen LogP contribution in [0.5, 0.6) is 0 Å². The Morgan fingerprint density at radius 3 is 1.23 bits per heavy atom. The molecule has 8 saturated carbocycles. The van der Waals surface area contributed by atoms with Crippen LogP contribution in [0, 0.1) is 47.3 Å². The zero-order valence-corrected chi connectivity index (χ0v) is 13.1. The first-order chi connectivity index (χ1) is 10.6. The molecule has 0 N–H and O–H groups in total. The maximum atomic E-state index is 12.9. The molecule has 6 heteroatoms. The van der Waals surface area contributed by atoms with E-state index in [1.807, 2.05) is 0 Å². The van der Waals surface area contributed by atoms with Gasteiger partial charge < -0.3 is 18.9 Å². The monoisotopic (exact) mass is 308 g/mol. The van der Waals surface area contributed by atoms with Crippen molar-refractivity contribution in [3.63, 3.8) is 0 Å². The van der Waals surface area contributed by atoms with Crippen molar-refractivity contribution in [1.82, 2.24) is 0 Å². The lowest BCUT2D eigenvalue weighted by molar-refractivity contribution is -0.437. The Balaban J connectivity index is 1.72. The minimum atomic E-state index is -1.25. The fourth-order valence-electron chi connectivity index (χ4n) is 7.16. The van der Waals surface area contributed by atoms with E-state index in [-0.39, 0.29) is 47.1 Å². The van der Waals surface area contributed by atoms with Gasteiger partial charge in [0.1, 0.15) is 0 Å². The molecule has 0 unspecified atom stereocenters. The lowest BCUT2D eigenvalue weighted by Crippen LogP contribution is -2.93. The first-order valence-corrected chi connectivity index (χ1v) is 7.85. The predicted octanol–water partition coefficient (Wildman–Crippen LogP) is 0.100. The molecular formula is C16H20O6. The number of fused-ring (bicyclic) bond motifs is 2. The van der Waals surface area contributed by atoms with Crippen LogP contribution in [0.2, 0.25) is 0 Å². The molecule has 6 nitrogen and oxygen atoms in total. The normalized spacial score (nSPS) is 54.2. The second-order valence-corrected chi connectivity index (χ2v) is 7.29. The fourth-order valence-corrected chi connectivity index (χ4v) is 7.16. The summed E-state index contributed by atoms with van der Waals surface area (Å²) >= 11 is 0. The van der Waals surface area contributed by atoms with E-state index in [1.165, 1.54) is 28.4 Å². The van der Waals surface area contributed by atoms with Crippen LogP contribution in [0.1, 0.15) is 0 Å². The summed E-state index contributed by atoms with van der Waals surface area (Å²) in [6, 6.07) is 0. The number of hydrogen-bond donors (Lipinski definition) is 0. The minimum Gasteiger partial charge on any atom is -0.347 e.